The van der Waals surface area contributed by atoms with Crippen molar-refractivity contribution in [1.29, 1.82) is 5.26 Å². The Labute approximate surface area is 163 Å². The van der Waals surface area contributed by atoms with Gasteiger partial charge < -0.3 is 24.2 Å². The summed E-state index contributed by atoms with van der Waals surface area (Å²) < 4.78 is 16.2. The lowest BCUT2D eigenvalue weighted by atomic mass is 9.64. The van der Waals surface area contributed by atoms with Crippen LogP contribution in [0.25, 0.3) is 0 Å². The molecule has 0 radical (unpaired) electrons. The van der Waals surface area contributed by atoms with Crippen molar-refractivity contribution >= 4 is 12.1 Å². The summed E-state index contributed by atoms with van der Waals surface area (Å²) >= 11 is 0. The van der Waals surface area contributed by atoms with Crippen molar-refractivity contribution < 1.29 is 28.9 Å². The summed E-state index contributed by atoms with van der Waals surface area (Å²) in [4.78, 5) is 25.8. The third-order valence-electron chi connectivity index (χ3n) is 5.18. The molecule has 150 valence electrons. The molecule has 1 aromatic carbocycles. The van der Waals surface area contributed by atoms with Gasteiger partial charge in [-0.05, 0) is 51.3 Å². The number of nitriles is 1. The molecule has 8 heteroatoms. The number of piperidine rings is 1. The monoisotopic (exact) mass is 388 g/mol. The van der Waals surface area contributed by atoms with Crippen LogP contribution in [0.3, 0.4) is 0 Å². The molecule has 2 aliphatic rings. The normalized spacial score (nSPS) is 18.9. The minimum Gasteiger partial charge on any atom is -0.480 e. The minimum absolute atomic E-state index is 0.110. The van der Waals surface area contributed by atoms with Gasteiger partial charge in [-0.3, -0.25) is 4.79 Å². The second kappa shape index (κ2) is 7.23. The van der Waals surface area contributed by atoms with Crippen LogP contribution in [0.15, 0.2) is 18.2 Å². The number of rotatable bonds is 3. The zero-order chi connectivity index (χ0) is 20.5. The fourth-order valence-electron chi connectivity index (χ4n) is 3.78. The van der Waals surface area contributed by atoms with E-state index in [0.717, 1.165) is 0 Å². The van der Waals surface area contributed by atoms with Gasteiger partial charge in [-0.2, -0.15) is 5.26 Å². The number of fused-ring (bicyclic) bond motifs is 1. The summed E-state index contributed by atoms with van der Waals surface area (Å²) in [5.41, 5.74) is -0.839. The van der Waals surface area contributed by atoms with Crippen LogP contribution < -0.4 is 9.47 Å². The molecule has 1 aromatic rings. The van der Waals surface area contributed by atoms with E-state index in [1.54, 1.807) is 43.9 Å². The fourth-order valence-corrected chi connectivity index (χ4v) is 3.78. The highest BCUT2D eigenvalue weighted by molar-refractivity contribution is 5.76. The zero-order valence-corrected chi connectivity index (χ0v) is 16.2. The van der Waals surface area contributed by atoms with Crippen LogP contribution in [0.2, 0.25) is 0 Å². The molecule has 0 spiro atoms. The Balaban J connectivity index is 1.89. The molecule has 8 nitrogen and oxygen atoms in total. The Hall–Kier alpha value is -2.95. The molecule has 1 fully saturated rings. The van der Waals surface area contributed by atoms with E-state index in [0.29, 0.717) is 43.0 Å². The molecule has 1 atom stereocenters. The molecule has 2 aliphatic heterocycles. The number of benzene rings is 1. The van der Waals surface area contributed by atoms with Crippen molar-refractivity contribution in [2.75, 3.05) is 19.9 Å². The predicted octanol–water partition coefficient (Wildman–Crippen LogP) is 2.91. The molecule has 0 aromatic heterocycles. The van der Waals surface area contributed by atoms with Gasteiger partial charge in [0.25, 0.3) is 0 Å². The summed E-state index contributed by atoms with van der Waals surface area (Å²) in [6.07, 6.45) is 0.225. The third kappa shape index (κ3) is 3.70. The zero-order valence-electron chi connectivity index (χ0n) is 16.2. The number of aliphatic carboxylic acids is 1. The summed E-state index contributed by atoms with van der Waals surface area (Å²) in [5.74, 6) is -1.29. The second-order valence-corrected chi connectivity index (χ2v) is 8.09. The van der Waals surface area contributed by atoms with E-state index in [4.69, 9.17) is 14.2 Å². The van der Waals surface area contributed by atoms with Gasteiger partial charge in [0.2, 0.25) is 6.79 Å². The molecule has 28 heavy (non-hydrogen) atoms. The van der Waals surface area contributed by atoms with Gasteiger partial charge in [0, 0.05) is 18.5 Å². The van der Waals surface area contributed by atoms with Crippen molar-refractivity contribution in [2.45, 2.75) is 44.6 Å². The molecule has 3 rings (SSSR count). The average molecular weight is 388 g/mol. The van der Waals surface area contributed by atoms with Crippen LogP contribution in [0.4, 0.5) is 4.79 Å². The van der Waals surface area contributed by atoms with Gasteiger partial charge in [-0.15, -0.1) is 0 Å². The van der Waals surface area contributed by atoms with Crippen molar-refractivity contribution in [2.24, 2.45) is 5.92 Å². The van der Waals surface area contributed by atoms with Crippen LogP contribution >= 0.6 is 0 Å². The van der Waals surface area contributed by atoms with Crippen LogP contribution in [0.1, 0.15) is 39.2 Å². The van der Waals surface area contributed by atoms with E-state index in [-0.39, 0.29) is 6.79 Å². The Morgan fingerprint density at radius 2 is 1.89 bits per heavy atom. The number of amides is 1. The molecular weight excluding hydrogens is 364 g/mol. The number of hydrogen-bond acceptors (Lipinski definition) is 6. The minimum atomic E-state index is -1.24. The molecule has 1 amide bonds. The molecule has 0 bridgehead atoms. The fraction of sp³-hybridized carbons (Fsp3) is 0.550. The highest BCUT2D eigenvalue weighted by Gasteiger charge is 2.48. The first-order chi connectivity index (χ1) is 13.2. The van der Waals surface area contributed by atoms with Crippen molar-refractivity contribution in [3.8, 4) is 17.6 Å². The Bertz CT molecular complexity index is 815. The van der Waals surface area contributed by atoms with E-state index in [2.05, 4.69) is 0 Å². The number of carbonyl (C=O) groups is 2. The lowest BCUT2D eigenvalue weighted by molar-refractivity contribution is -0.142. The molecular formula is C20H24N2O6. The van der Waals surface area contributed by atoms with Crippen molar-refractivity contribution in [3.63, 3.8) is 0 Å². The van der Waals surface area contributed by atoms with Crippen molar-refractivity contribution in [3.05, 3.63) is 23.8 Å². The number of likely N-dealkylation sites (tertiary alicyclic amines) is 1. The standard InChI is InChI=1S/C20H24N2O6/c1-19(2,3)28-18(25)22-8-6-20(7-9-22,14(11-21)17(23)24)13-4-5-15-16(10-13)27-12-26-15/h4-5,10,14H,6-9,12H2,1-3H3,(H,23,24). The maximum absolute atomic E-state index is 12.4. The maximum atomic E-state index is 12.4. The van der Waals surface area contributed by atoms with E-state index >= 15 is 0 Å². The van der Waals surface area contributed by atoms with Gasteiger partial charge in [-0.25, -0.2) is 4.79 Å². The Kier molecular flexibility index (Phi) is 5.11. The first-order valence-electron chi connectivity index (χ1n) is 9.17. The van der Waals surface area contributed by atoms with Gasteiger partial charge in [0.05, 0.1) is 6.07 Å². The highest BCUT2D eigenvalue weighted by atomic mass is 16.7. The van der Waals surface area contributed by atoms with Gasteiger partial charge in [-0.1, -0.05) is 6.07 Å². The van der Waals surface area contributed by atoms with Gasteiger partial charge in [0.15, 0.2) is 17.4 Å². The summed E-state index contributed by atoms with van der Waals surface area (Å²) in [6, 6.07) is 7.22. The van der Waals surface area contributed by atoms with Gasteiger partial charge in [0.1, 0.15) is 5.60 Å². The maximum Gasteiger partial charge on any atom is 0.410 e. The van der Waals surface area contributed by atoms with E-state index in [9.17, 15) is 20.0 Å². The smallest absolute Gasteiger partial charge is 0.410 e. The highest BCUT2D eigenvalue weighted by Crippen LogP contribution is 2.45. The summed E-state index contributed by atoms with van der Waals surface area (Å²) in [6.45, 7) is 6.09. The Morgan fingerprint density at radius 3 is 2.46 bits per heavy atom. The number of carboxylic acids is 1. The quantitative estimate of drug-likeness (QED) is 0.848. The summed E-state index contributed by atoms with van der Waals surface area (Å²) in [7, 11) is 0. The largest absolute Gasteiger partial charge is 0.480 e. The first kappa shape index (κ1) is 19.8. The van der Waals surface area contributed by atoms with Crippen molar-refractivity contribution in [1.82, 2.24) is 4.90 Å². The molecule has 0 saturated carbocycles. The lowest BCUT2D eigenvalue weighted by Crippen LogP contribution is -2.51. The number of ether oxygens (including phenoxy) is 3. The van der Waals surface area contributed by atoms with Crippen LogP contribution in [0, 0.1) is 17.2 Å². The first-order valence-corrected chi connectivity index (χ1v) is 9.17. The lowest BCUT2D eigenvalue weighted by Gasteiger charge is -2.43. The topological polar surface area (TPSA) is 109 Å². The number of nitrogens with zero attached hydrogens (tertiary/aromatic N) is 2. The molecule has 2 heterocycles. The van der Waals surface area contributed by atoms with E-state index in [1.807, 2.05) is 6.07 Å². The second-order valence-electron chi connectivity index (χ2n) is 8.09. The predicted molar refractivity (Wildman–Crippen MR) is 98.0 cm³/mol. The number of carboxylic acid groups (broad SMARTS) is 1. The van der Waals surface area contributed by atoms with Crippen LogP contribution in [-0.2, 0) is 14.9 Å². The third-order valence-corrected chi connectivity index (χ3v) is 5.18. The Morgan fingerprint density at radius 1 is 1.25 bits per heavy atom. The van der Waals surface area contributed by atoms with Crippen LogP contribution in [0.5, 0.6) is 11.5 Å². The SMILES string of the molecule is CC(C)(C)OC(=O)N1CCC(c2ccc3c(c2)OCO3)(C(C#N)C(=O)O)CC1. The molecule has 1 saturated heterocycles. The number of carbonyl (C=O) groups excluding carboxylic acids is 1. The van der Waals surface area contributed by atoms with E-state index in [1.165, 1.54) is 0 Å². The molecule has 1 N–H and O–H groups in total. The molecule has 0 aliphatic carbocycles. The van der Waals surface area contributed by atoms with Gasteiger partial charge >= 0.3 is 12.1 Å². The summed E-state index contributed by atoms with van der Waals surface area (Å²) in [5, 5.41) is 19.3. The average Bonchev–Trinajstić information content (AvgIpc) is 3.08. The van der Waals surface area contributed by atoms with E-state index < -0.39 is 29.0 Å². The van der Waals surface area contributed by atoms with Crippen LogP contribution in [-0.4, -0.2) is 47.6 Å². The number of hydrogen-bond donors (Lipinski definition) is 1. The molecule has 1 unspecified atom stereocenters.